The topological polar surface area (TPSA) is 44.8 Å². The molecule has 0 aliphatic heterocycles. The maximum atomic E-state index is 12.2. The van der Waals surface area contributed by atoms with E-state index in [-0.39, 0.29) is 5.91 Å². The fourth-order valence-electron chi connectivity index (χ4n) is 3.16. The Labute approximate surface area is 179 Å². The van der Waals surface area contributed by atoms with Crippen molar-refractivity contribution in [1.29, 1.82) is 0 Å². The number of carbonyl (C=O) groups is 1. The Morgan fingerprint density at radius 1 is 1.00 bits per heavy atom. The fraction of sp³-hybridized carbons (Fsp3) is 0.435. The van der Waals surface area contributed by atoms with E-state index in [4.69, 9.17) is 16.3 Å². The SMILES string of the molecule is COc1ccc(C(=O)NCCCN(C)CCCN(C)Cc2ccccc2)cc1Cl. The predicted molar refractivity (Wildman–Crippen MR) is 120 cm³/mol. The van der Waals surface area contributed by atoms with Gasteiger partial charge in [-0.25, -0.2) is 0 Å². The summed E-state index contributed by atoms with van der Waals surface area (Å²) < 4.78 is 5.11. The summed E-state index contributed by atoms with van der Waals surface area (Å²) in [6.07, 6.45) is 2.03. The van der Waals surface area contributed by atoms with Gasteiger partial charge in [-0.2, -0.15) is 0 Å². The minimum atomic E-state index is -0.111. The van der Waals surface area contributed by atoms with Crippen LogP contribution >= 0.6 is 11.6 Å². The van der Waals surface area contributed by atoms with Crippen LogP contribution in [0.15, 0.2) is 48.5 Å². The van der Waals surface area contributed by atoms with Crippen molar-refractivity contribution in [2.75, 3.05) is 47.4 Å². The van der Waals surface area contributed by atoms with Crippen molar-refractivity contribution >= 4 is 17.5 Å². The van der Waals surface area contributed by atoms with E-state index in [1.165, 1.54) is 5.56 Å². The maximum Gasteiger partial charge on any atom is 0.251 e. The monoisotopic (exact) mass is 417 g/mol. The molecule has 0 aliphatic carbocycles. The fourth-order valence-corrected chi connectivity index (χ4v) is 3.41. The molecule has 1 amide bonds. The lowest BCUT2D eigenvalue weighted by Gasteiger charge is -2.20. The highest BCUT2D eigenvalue weighted by Crippen LogP contribution is 2.24. The molecule has 0 atom stereocenters. The van der Waals surface area contributed by atoms with Crippen molar-refractivity contribution in [1.82, 2.24) is 15.1 Å². The Bertz CT molecular complexity index is 755. The van der Waals surface area contributed by atoms with Gasteiger partial charge in [0.05, 0.1) is 12.1 Å². The first-order valence-corrected chi connectivity index (χ1v) is 10.4. The second kappa shape index (κ2) is 12.5. The van der Waals surface area contributed by atoms with E-state index in [0.717, 1.165) is 39.0 Å². The summed E-state index contributed by atoms with van der Waals surface area (Å²) in [5.41, 5.74) is 1.89. The van der Waals surface area contributed by atoms with E-state index in [2.05, 4.69) is 53.5 Å². The zero-order chi connectivity index (χ0) is 21.1. The van der Waals surface area contributed by atoms with Crippen LogP contribution in [0.3, 0.4) is 0 Å². The molecule has 29 heavy (non-hydrogen) atoms. The molecule has 2 aromatic carbocycles. The summed E-state index contributed by atoms with van der Waals surface area (Å²) in [7, 11) is 5.84. The molecule has 158 valence electrons. The summed E-state index contributed by atoms with van der Waals surface area (Å²) >= 11 is 6.08. The van der Waals surface area contributed by atoms with Gasteiger partial charge in [0.1, 0.15) is 5.75 Å². The molecule has 0 heterocycles. The number of hydrogen-bond acceptors (Lipinski definition) is 4. The van der Waals surface area contributed by atoms with Crippen molar-refractivity contribution in [3.05, 3.63) is 64.7 Å². The summed E-state index contributed by atoms with van der Waals surface area (Å²) in [4.78, 5) is 16.9. The Morgan fingerprint density at radius 3 is 2.38 bits per heavy atom. The first kappa shape index (κ1) is 23.2. The smallest absolute Gasteiger partial charge is 0.251 e. The number of amides is 1. The van der Waals surface area contributed by atoms with Gasteiger partial charge in [0.2, 0.25) is 0 Å². The average Bonchev–Trinajstić information content (AvgIpc) is 2.71. The molecular formula is C23H32ClN3O2. The quantitative estimate of drug-likeness (QED) is 0.531. The maximum absolute atomic E-state index is 12.2. The summed E-state index contributed by atoms with van der Waals surface area (Å²) in [5.74, 6) is 0.457. The lowest BCUT2D eigenvalue weighted by Crippen LogP contribution is -2.30. The van der Waals surface area contributed by atoms with Crippen molar-refractivity contribution in [3.8, 4) is 5.75 Å². The second-order valence-corrected chi connectivity index (χ2v) is 7.75. The van der Waals surface area contributed by atoms with Crippen LogP contribution in [0.1, 0.15) is 28.8 Å². The normalized spacial score (nSPS) is 11.1. The van der Waals surface area contributed by atoms with Crippen LogP contribution in [-0.2, 0) is 6.54 Å². The summed E-state index contributed by atoms with van der Waals surface area (Å²) in [6, 6.07) is 15.6. The Hall–Kier alpha value is -2.08. The van der Waals surface area contributed by atoms with E-state index >= 15 is 0 Å². The molecule has 2 rings (SSSR count). The standard InChI is InChI=1S/C23H32ClN3O2/c1-26(15-8-16-27(2)18-19-9-5-4-6-10-19)14-7-13-25-23(28)20-11-12-22(29-3)21(24)17-20/h4-6,9-12,17H,7-8,13-16,18H2,1-3H3,(H,25,28). The molecule has 5 nitrogen and oxygen atoms in total. The van der Waals surface area contributed by atoms with Gasteiger partial charge in [-0.1, -0.05) is 41.9 Å². The van der Waals surface area contributed by atoms with Gasteiger partial charge >= 0.3 is 0 Å². The highest BCUT2D eigenvalue weighted by molar-refractivity contribution is 6.32. The average molecular weight is 418 g/mol. The minimum Gasteiger partial charge on any atom is -0.495 e. The number of ether oxygens (including phenoxy) is 1. The van der Waals surface area contributed by atoms with Gasteiger partial charge in [0.15, 0.2) is 0 Å². The Kier molecular flexibility index (Phi) is 9.98. The number of nitrogens with zero attached hydrogens (tertiary/aromatic N) is 2. The molecule has 0 radical (unpaired) electrons. The van der Waals surface area contributed by atoms with E-state index < -0.39 is 0 Å². The Morgan fingerprint density at radius 2 is 1.69 bits per heavy atom. The van der Waals surface area contributed by atoms with Crippen LogP contribution in [-0.4, -0.2) is 63.1 Å². The van der Waals surface area contributed by atoms with E-state index in [9.17, 15) is 4.79 Å². The van der Waals surface area contributed by atoms with Crippen LogP contribution in [0, 0.1) is 0 Å². The van der Waals surface area contributed by atoms with Crippen molar-refractivity contribution in [3.63, 3.8) is 0 Å². The molecular weight excluding hydrogens is 386 g/mol. The first-order valence-electron chi connectivity index (χ1n) is 10.0. The largest absolute Gasteiger partial charge is 0.495 e. The van der Waals surface area contributed by atoms with Gasteiger partial charge in [0, 0.05) is 18.7 Å². The molecule has 2 aromatic rings. The van der Waals surface area contributed by atoms with Gasteiger partial charge < -0.3 is 19.9 Å². The van der Waals surface area contributed by atoms with Gasteiger partial charge in [0.25, 0.3) is 5.91 Å². The van der Waals surface area contributed by atoms with Gasteiger partial charge in [-0.05, 0) is 70.3 Å². The van der Waals surface area contributed by atoms with Crippen LogP contribution in [0.25, 0.3) is 0 Å². The highest BCUT2D eigenvalue weighted by atomic mass is 35.5. The van der Waals surface area contributed by atoms with E-state index in [0.29, 0.717) is 22.9 Å². The lowest BCUT2D eigenvalue weighted by atomic mass is 10.2. The van der Waals surface area contributed by atoms with Crippen LogP contribution < -0.4 is 10.1 Å². The summed E-state index contributed by atoms with van der Waals surface area (Å²) in [6.45, 7) is 4.67. The third-order valence-corrected chi connectivity index (χ3v) is 5.09. The molecule has 0 bridgehead atoms. The van der Waals surface area contributed by atoms with Gasteiger partial charge in [-0.15, -0.1) is 0 Å². The zero-order valence-corrected chi connectivity index (χ0v) is 18.4. The van der Waals surface area contributed by atoms with Crippen LogP contribution in [0.2, 0.25) is 5.02 Å². The third kappa shape index (κ3) is 8.44. The van der Waals surface area contributed by atoms with Crippen molar-refractivity contribution in [2.45, 2.75) is 19.4 Å². The first-order chi connectivity index (χ1) is 14.0. The molecule has 0 spiro atoms. The predicted octanol–water partition coefficient (Wildman–Crippen LogP) is 3.92. The highest BCUT2D eigenvalue weighted by Gasteiger charge is 2.09. The third-order valence-electron chi connectivity index (χ3n) is 4.79. The van der Waals surface area contributed by atoms with Crippen molar-refractivity contribution in [2.24, 2.45) is 0 Å². The summed E-state index contributed by atoms with van der Waals surface area (Å²) in [5, 5.41) is 3.39. The number of rotatable bonds is 12. The molecule has 0 aromatic heterocycles. The molecule has 0 saturated carbocycles. The van der Waals surface area contributed by atoms with Crippen molar-refractivity contribution < 1.29 is 9.53 Å². The zero-order valence-electron chi connectivity index (χ0n) is 17.7. The molecule has 0 saturated heterocycles. The second-order valence-electron chi connectivity index (χ2n) is 7.34. The minimum absolute atomic E-state index is 0.111. The molecule has 0 unspecified atom stereocenters. The van der Waals surface area contributed by atoms with Gasteiger partial charge in [-0.3, -0.25) is 4.79 Å². The van der Waals surface area contributed by atoms with Crippen LogP contribution in [0.5, 0.6) is 5.75 Å². The van der Waals surface area contributed by atoms with E-state index in [1.807, 2.05) is 6.07 Å². The van der Waals surface area contributed by atoms with E-state index in [1.54, 1.807) is 25.3 Å². The molecule has 0 aliphatic rings. The number of benzene rings is 2. The number of nitrogens with one attached hydrogen (secondary N) is 1. The number of halogens is 1. The molecule has 6 heteroatoms. The Balaban J connectivity index is 1.57. The number of hydrogen-bond donors (Lipinski definition) is 1. The molecule has 0 fully saturated rings. The number of carbonyl (C=O) groups excluding carboxylic acids is 1. The molecule has 1 N–H and O–H groups in total. The number of methoxy groups -OCH3 is 1. The lowest BCUT2D eigenvalue weighted by molar-refractivity contribution is 0.0952. The van der Waals surface area contributed by atoms with Crippen LogP contribution in [0.4, 0.5) is 0 Å².